The first-order chi connectivity index (χ1) is 9.63. The molecule has 0 aliphatic carbocycles. The van der Waals surface area contributed by atoms with E-state index >= 15 is 0 Å². The third kappa shape index (κ3) is 3.08. The predicted molar refractivity (Wildman–Crippen MR) is 72.7 cm³/mol. The van der Waals surface area contributed by atoms with E-state index < -0.39 is 18.9 Å². The standard InChI is InChI=1S/C14H15F2N3O/c15-13(16)9-19(8-6-17)14(20)11-3-1-5-12-10(11)4-2-7-18-12/h1-5,7,13H,6,8-9,17H2. The zero-order valence-electron chi connectivity index (χ0n) is 10.8. The fourth-order valence-electron chi connectivity index (χ4n) is 2.06. The van der Waals surface area contributed by atoms with Crippen LogP contribution in [0.3, 0.4) is 0 Å². The Morgan fingerprint density at radius 1 is 1.30 bits per heavy atom. The monoisotopic (exact) mass is 279 g/mol. The zero-order valence-corrected chi connectivity index (χ0v) is 10.8. The number of rotatable bonds is 5. The van der Waals surface area contributed by atoms with E-state index in [1.807, 2.05) is 0 Å². The van der Waals surface area contributed by atoms with Crippen LogP contribution in [0.15, 0.2) is 36.5 Å². The molecule has 2 N–H and O–H groups in total. The van der Waals surface area contributed by atoms with Gasteiger partial charge < -0.3 is 10.6 Å². The largest absolute Gasteiger partial charge is 0.332 e. The fourth-order valence-corrected chi connectivity index (χ4v) is 2.06. The number of alkyl halides is 2. The molecule has 6 heteroatoms. The first-order valence-electron chi connectivity index (χ1n) is 6.24. The van der Waals surface area contributed by atoms with Gasteiger partial charge in [-0.1, -0.05) is 12.1 Å². The fraction of sp³-hybridized carbons (Fsp3) is 0.286. The van der Waals surface area contributed by atoms with E-state index in [9.17, 15) is 13.6 Å². The highest BCUT2D eigenvalue weighted by atomic mass is 19.3. The number of hydrogen-bond donors (Lipinski definition) is 1. The Morgan fingerprint density at radius 3 is 2.80 bits per heavy atom. The molecule has 0 aliphatic rings. The van der Waals surface area contributed by atoms with Gasteiger partial charge in [0.2, 0.25) is 0 Å². The molecular formula is C14H15F2N3O. The highest BCUT2D eigenvalue weighted by Gasteiger charge is 2.20. The molecule has 0 atom stereocenters. The molecule has 2 aromatic rings. The van der Waals surface area contributed by atoms with E-state index in [4.69, 9.17) is 5.73 Å². The van der Waals surface area contributed by atoms with Crippen molar-refractivity contribution < 1.29 is 13.6 Å². The van der Waals surface area contributed by atoms with Gasteiger partial charge >= 0.3 is 0 Å². The van der Waals surface area contributed by atoms with Gasteiger partial charge in [-0.3, -0.25) is 9.78 Å². The van der Waals surface area contributed by atoms with Crippen molar-refractivity contribution in [2.75, 3.05) is 19.6 Å². The summed E-state index contributed by atoms with van der Waals surface area (Å²) in [5.41, 5.74) is 6.40. The summed E-state index contributed by atoms with van der Waals surface area (Å²) in [7, 11) is 0. The van der Waals surface area contributed by atoms with Gasteiger partial charge in [0, 0.05) is 30.2 Å². The number of fused-ring (bicyclic) bond motifs is 1. The van der Waals surface area contributed by atoms with Crippen molar-refractivity contribution in [2.24, 2.45) is 5.73 Å². The average molecular weight is 279 g/mol. The first-order valence-corrected chi connectivity index (χ1v) is 6.24. The minimum absolute atomic E-state index is 0.0970. The van der Waals surface area contributed by atoms with Crippen LogP contribution in [-0.4, -0.2) is 41.9 Å². The van der Waals surface area contributed by atoms with Crippen LogP contribution in [0, 0.1) is 0 Å². The van der Waals surface area contributed by atoms with Crippen LogP contribution in [0.2, 0.25) is 0 Å². The van der Waals surface area contributed by atoms with E-state index in [1.54, 1.807) is 36.5 Å². The van der Waals surface area contributed by atoms with Crippen molar-refractivity contribution >= 4 is 16.8 Å². The van der Waals surface area contributed by atoms with Crippen molar-refractivity contribution in [3.05, 3.63) is 42.1 Å². The molecule has 1 amide bonds. The molecule has 0 saturated carbocycles. The van der Waals surface area contributed by atoms with Gasteiger partial charge in [-0.25, -0.2) is 8.78 Å². The Kier molecular flexibility index (Phi) is 4.57. The Morgan fingerprint density at radius 2 is 2.10 bits per heavy atom. The molecule has 0 radical (unpaired) electrons. The van der Waals surface area contributed by atoms with E-state index in [2.05, 4.69) is 4.98 Å². The second-order valence-electron chi connectivity index (χ2n) is 4.31. The molecule has 1 aromatic carbocycles. The summed E-state index contributed by atoms with van der Waals surface area (Å²) in [6, 6.07) is 8.53. The van der Waals surface area contributed by atoms with Gasteiger partial charge in [0.05, 0.1) is 12.1 Å². The maximum Gasteiger partial charge on any atom is 0.255 e. The lowest BCUT2D eigenvalue weighted by Gasteiger charge is -2.22. The highest BCUT2D eigenvalue weighted by Crippen LogP contribution is 2.18. The van der Waals surface area contributed by atoms with E-state index in [1.165, 1.54) is 0 Å². The lowest BCUT2D eigenvalue weighted by molar-refractivity contribution is 0.0564. The lowest BCUT2D eigenvalue weighted by atomic mass is 10.1. The van der Waals surface area contributed by atoms with Crippen LogP contribution in [0.1, 0.15) is 10.4 Å². The molecule has 1 heterocycles. The Hall–Kier alpha value is -2.08. The minimum Gasteiger partial charge on any atom is -0.332 e. The third-order valence-electron chi connectivity index (χ3n) is 2.92. The van der Waals surface area contributed by atoms with Gasteiger partial charge in [-0.15, -0.1) is 0 Å². The van der Waals surface area contributed by atoms with Gasteiger partial charge in [0.15, 0.2) is 0 Å². The molecule has 0 bridgehead atoms. The molecule has 0 fully saturated rings. The zero-order chi connectivity index (χ0) is 14.5. The molecule has 1 aromatic heterocycles. The molecule has 106 valence electrons. The number of hydrogen-bond acceptors (Lipinski definition) is 3. The molecule has 0 spiro atoms. The van der Waals surface area contributed by atoms with Crippen LogP contribution >= 0.6 is 0 Å². The predicted octanol–water partition coefficient (Wildman–Crippen LogP) is 1.90. The van der Waals surface area contributed by atoms with E-state index in [0.717, 1.165) is 4.90 Å². The number of aromatic nitrogens is 1. The third-order valence-corrected chi connectivity index (χ3v) is 2.92. The highest BCUT2D eigenvalue weighted by molar-refractivity contribution is 6.06. The number of pyridine rings is 1. The molecule has 2 rings (SSSR count). The summed E-state index contributed by atoms with van der Waals surface area (Å²) in [4.78, 5) is 17.6. The van der Waals surface area contributed by atoms with Crippen LogP contribution < -0.4 is 5.73 Å². The summed E-state index contributed by atoms with van der Waals surface area (Å²) in [5, 5.41) is 0.649. The van der Waals surface area contributed by atoms with Gasteiger partial charge in [0.25, 0.3) is 12.3 Å². The number of halogens is 2. The molecule has 0 aliphatic heterocycles. The summed E-state index contributed by atoms with van der Waals surface area (Å²) in [6.45, 7) is -0.381. The summed E-state index contributed by atoms with van der Waals surface area (Å²) in [5.74, 6) is -0.450. The Balaban J connectivity index is 2.38. The SMILES string of the molecule is NCCN(CC(F)F)C(=O)c1cccc2ncccc12. The lowest BCUT2D eigenvalue weighted by Crippen LogP contribution is -2.38. The van der Waals surface area contributed by atoms with Crippen molar-refractivity contribution in [1.29, 1.82) is 0 Å². The molecule has 20 heavy (non-hydrogen) atoms. The van der Waals surface area contributed by atoms with Gasteiger partial charge in [0.1, 0.15) is 0 Å². The number of carbonyl (C=O) groups is 1. The number of nitrogens with zero attached hydrogens (tertiary/aromatic N) is 2. The van der Waals surface area contributed by atoms with Crippen LogP contribution in [-0.2, 0) is 0 Å². The molecule has 0 unspecified atom stereocenters. The summed E-state index contributed by atoms with van der Waals surface area (Å²) in [6.07, 6.45) is -0.966. The second kappa shape index (κ2) is 6.38. The number of carbonyl (C=O) groups excluding carboxylic acids is 1. The second-order valence-corrected chi connectivity index (χ2v) is 4.31. The van der Waals surface area contributed by atoms with Gasteiger partial charge in [-0.2, -0.15) is 0 Å². The van der Waals surface area contributed by atoms with Crippen molar-refractivity contribution in [2.45, 2.75) is 6.43 Å². The Bertz CT molecular complexity index is 598. The summed E-state index contributed by atoms with van der Waals surface area (Å²) < 4.78 is 25.1. The van der Waals surface area contributed by atoms with E-state index in [-0.39, 0.29) is 13.1 Å². The van der Waals surface area contributed by atoms with Crippen molar-refractivity contribution in [3.63, 3.8) is 0 Å². The van der Waals surface area contributed by atoms with Crippen molar-refractivity contribution in [3.8, 4) is 0 Å². The number of benzene rings is 1. The molecule has 0 saturated heterocycles. The number of amides is 1. The Labute approximate surface area is 115 Å². The molecular weight excluding hydrogens is 264 g/mol. The van der Waals surface area contributed by atoms with Crippen LogP contribution in [0.4, 0.5) is 8.78 Å². The summed E-state index contributed by atoms with van der Waals surface area (Å²) >= 11 is 0. The van der Waals surface area contributed by atoms with Crippen LogP contribution in [0.5, 0.6) is 0 Å². The average Bonchev–Trinajstić information content (AvgIpc) is 2.45. The minimum atomic E-state index is -2.58. The normalized spacial score (nSPS) is 11.0. The van der Waals surface area contributed by atoms with Crippen LogP contribution in [0.25, 0.3) is 10.9 Å². The first kappa shape index (κ1) is 14.3. The topological polar surface area (TPSA) is 59.2 Å². The van der Waals surface area contributed by atoms with E-state index in [0.29, 0.717) is 16.5 Å². The smallest absolute Gasteiger partial charge is 0.255 e. The van der Waals surface area contributed by atoms with Gasteiger partial charge in [-0.05, 0) is 18.2 Å². The number of nitrogens with two attached hydrogens (primary N) is 1. The maximum atomic E-state index is 12.6. The maximum absolute atomic E-state index is 12.6. The quantitative estimate of drug-likeness (QED) is 0.909. The van der Waals surface area contributed by atoms with Crippen molar-refractivity contribution in [1.82, 2.24) is 9.88 Å². The molecule has 4 nitrogen and oxygen atoms in total.